The molecule has 1 N–H and O–H groups in total. The van der Waals surface area contributed by atoms with Crippen LogP contribution in [0.4, 0.5) is 5.00 Å². The van der Waals surface area contributed by atoms with Crippen molar-refractivity contribution in [2.75, 3.05) is 11.9 Å². The molecule has 0 atom stereocenters. The van der Waals surface area contributed by atoms with E-state index in [1.54, 1.807) is 0 Å². The lowest BCUT2D eigenvalue weighted by Crippen LogP contribution is -1.95. The zero-order chi connectivity index (χ0) is 9.14. The first-order valence-corrected chi connectivity index (χ1v) is 7.14. The molecule has 0 saturated heterocycles. The van der Waals surface area contributed by atoms with E-state index < -0.39 is 0 Å². The normalized spacial score (nSPS) is 10.8. The fourth-order valence-corrected chi connectivity index (χ4v) is 3.84. The smallest absolute Gasteiger partial charge is 0.0915 e. The van der Waals surface area contributed by atoms with E-state index in [-0.39, 0.29) is 0 Å². The zero-order valence-electron chi connectivity index (χ0n) is 7.03. The van der Waals surface area contributed by atoms with Crippen LogP contribution in [0, 0.1) is 6.92 Å². The molecular weight excluding hydrogens is 396 g/mol. The van der Waals surface area contributed by atoms with Gasteiger partial charge in [-0.15, -0.1) is 11.3 Å². The highest BCUT2D eigenvalue weighted by atomic mass is 127. The molecule has 1 rings (SSSR count). The summed E-state index contributed by atoms with van der Waals surface area (Å²) < 4.78 is 0.587. The van der Waals surface area contributed by atoms with Crippen molar-refractivity contribution in [1.82, 2.24) is 0 Å². The van der Waals surface area contributed by atoms with Crippen molar-refractivity contribution >= 4 is 61.5 Å². The molecule has 0 bridgehead atoms. The molecule has 68 valence electrons. The molecule has 0 aliphatic rings. The Balaban J connectivity index is 2.88. The number of nitrogens with one attached hydrogen (secondary N) is 1. The van der Waals surface area contributed by atoms with Gasteiger partial charge in [0.25, 0.3) is 0 Å². The number of hydrogen-bond acceptors (Lipinski definition) is 2. The average Bonchev–Trinajstić information content (AvgIpc) is 2.34. The van der Waals surface area contributed by atoms with E-state index in [2.05, 4.69) is 69.7 Å². The van der Waals surface area contributed by atoms with Crippen molar-refractivity contribution in [3.63, 3.8) is 0 Å². The molecule has 0 saturated carbocycles. The third-order valence-electron chi connectivity index (χ3n) is 1.65. The quantitative estimate of drug-likeness (QED) is 0.581. The molecular formula is C8H11I2NS. The fourth-order valence-electron chi connectivity index (χ4n) is 0.980. The van der Waals surface area contributed by atoms with Gasteiger partial charge in [0.15, 0.2) is 0 Å². The molecule has 0 aliphatic carbocycles. The molecule has 0 unspecified atom stereocenters. The molecule has 1 nitrogen and oxygen atoms in total. The molecule has 4 heteroatoms. The lowest BCUT2D eigenvalue weighted by atomic mass is 10.2. The summed E-state index contributed by atoms with van der Waals surface area (Å²) >= 11 is 6.69. The van der Waals surface area contributed by atoms with Crippen molar-refractivity contribution < 1.29 is 0 Å². The van der Waals surface area contributed by atoms with E-state index in [1.165, 1.54) is 16.1 Å². The van der Waals surface area contributed by atoms with Gasteiger partial charge in [0, 0.05) is 6.54 Å². The average molecular weight is 407 g/mol. The molecule has 1 aromatic heterocycles. The third-order valence-corrected chi connectivity index (χ3v) is 4.05. The molecule has 0 radical (unpaired) electrons. The molecule has 0 aliphatic heterocycles. The molecule has 1 aromatic rings. The third kappa shape index (κ3) is 2.47. The predicted octanol–water partition coefficient (Wildman–Crippen LogP) is 4.36. The van der Waals surface area contributed by atoms with E-state index in [1.807, 2.05) is 11.3 Å². The second-order valence-electron chi connectivity index (χ2n) is 2.48. The van der Waals surface area contributed by atoms with Gasteiger partial charge in [0.2, 0.25) is 0 Å². The van der Waals surface area contributed by atoms with Crippen LogP contribution in [-0.2, 0) is 0 Å². The Labute approximate surface area is 105 Å². The van der Waals surface area contributed by atoms with Gasteiger partial charge in [-0.2, -0.15) is 0 Å². The molecule has 1 heterocycles. The summed E-state index contributed by atoms with van der Waals surface area (Å²) in [6, 6.07) is 0. The van der Waals surface area contributed by atoms with Crippen LogP contribution in [0.25, 0.3) is 0 Å². The summed E-state index contributed by atoms with van der Waals surface area (Å²) in [6.45, 7) is 5.33. The van der Waals surface area contributed by atoms with Gasteiger partial charge in [-0.3, -0.25) is 0 Å². The molecule has 0 amide bonds. The number of thiophene rings is 1. The second kappa shape index (κ2) is 4.99. The van der Waals surface area contributed by atoms with Gasteiger partial charge in [-0.05, 0) is 30.4 Å². The SMILES string of the molecule is CCNc1scc(C(I)I)c1C. The lowest BCUT2D eigenvalue weighted by molar-refractivity contribution is 1.21. The first-order chi connectivity index (χ1) is 5.66. The van der Waals surface area contributed by atoms with Gasteiger partial charge in [-0.1, -0.05) is 45.2 Å². The van der Waals surface area contributed by atoms with E-state index in [4.69, 9.17) is 0 Å². The Bertz CT molecular complexity index is 258. The van der Waals surface area contributed by atoms with Crippen LogP contribution < -0.4 is 5.32 Å². The van der Waals surface area contributed by atoms with Gasteiger partial charge in [-0.25, -0.2) is 0 Å². The van der Waals surface area contributed by atoms with E-state index in [0.717, 1.165) is 6.54 Å². The fraction of sp³-hybridized carbons (Fsp3) is 0.500. The topological polar surface area (TPSA) is 12.0 Å². The van der Waals surface area contributed by atoms with E-state index in [0.29, 0.717) is 1.93 Å². The first-order valence-electron chi connectivity index (χ1n) is 3.76. The largest absolute Gasteiger partial charge is 0.377 e. The van der Waals surface area contributed by atoms with Crippen LogP contribution in [0.1, 0.15) is 20.0 Å². The maximum Gasteiger partial charge on any atom is 0.0915 e. The first kappa shape index (κ1) is 11.0. The summed E-state index contributed by atoms with van der Waals surface area (Å²) in [5.74, 6) is 0. The summed E-state index contributed by atoms with van der Waals surface area (Å²) in [4.78, 5) is 0. The van der Waals surface area contributed by atoms with E-state index in [9.17, 15) is 0 Å². The van der Waals surface area contributed by atoms with Gasteiger partial charge in [0.1, 0.15) is 0 Å². The Kier molecular flexibility index (Phi) is 4.59. The van der Waals surface area contributed by atoms with Gasteiger partial charge < -0.3 is 5.32 Å². The predicted molar refractivity (Wildman–Crippen MR) is 74.0 cm³/mol. The minimum absolute atomic E-state index is 0.587. The van der Waals surface area contributed by atoms with Crippen molar-refractivity contribution in [1.29, 1.82) is 0 Å². The second-order valence-corrected chi connectivity index (χ2v) is 8.23. The summed E-state index contributed by atoms with van der Waals surface area (Å²) in [5.41, 5.74) is 2.87. The van der Waals surface area contributed by atoms with Crippen LogP contribution in [0.5, 0.6) is 0 Å². The van der Waals surface area contributed by atoms with Crippen molar-refractivity contribution in [2.45, 2.75) is 15.8 Å². The Hall–Kier alpha value is 0.960. The number of rotatable bonds is 3. The molecule has 0 aromatic carbocycles. The Morgan fingerprint density at radius 2 is 2.25 bits per heavy atom. The highest BCUT2D eigenvalue weighted by Gasteiger charge is 2.11. The minimum Gasteiger partial charge on any atom is -0.377 e. The maximum absolute atomic E-state index is 3.36. The summed E-state index contributed by atoms with van der Waals surface area (Å²) in [5, 5.41) is 6.93. The van der Waals surface area contributed by atoms with Crippen LogP contribution >= 0.6 is 56.5 Å². The number of halogens is 2. The molecule has 0 spiro atoms. The number of anilines is 1. The van der Waals surface area contributed by atoms with Gasteiger partial charge >= 0.3 is 0 Å². The minimum atomic E-state index is 0.587. The van der Waals surface area contributed by atoms with Crippen LogP contribution in [0.15, 0.2) is 5.38 Å². The maximum atomic E-state index is 3.36. The van der Waals surface area contributed by atoms with Crippen LogP contribution in [0.3, 0.4) is 0 Å². The van der Waals surface area contributed by atoms with Crippen molar-refractivity contribution in [3.8, 4) is 0 Å². The number of hydrogen-bond donors (Lipinski definition) is 1. The summed E-state index contributed by atoms with van der Waals surface area (Å²) in [7, 11) is 0. The van der Waals surface area contributed by atoms with Crippen molar-refractivity contribution in [3.05, 3.63) is 16.5 Å². The van der Waals surface area contributed by atoms with Crippen molar-refractivity contribution in [2.24, 2.45) is 0 Å². The molecule has 0 fully saturated rings. The zero-order valence-corrected chi connectivity index (χ0v) is 12.2. The Morgan fingerprint density at radius 3 is 2.67 bits per heavy atom. The number of alkyl halides is 2. The Morgan fingerprint density at radius 1 is 1.58 bits per heavy atom. The highest BCUT2D eigenvalue weighted by molar-refractivity contribution is 14.2. The standard InChI is InChI=1S/C8H11I2NS/c1-3-11-8-5(2)6(4-12-8)7(9)10/h4,7,11H,3H2,1-2H3. The monoisotopic (exact) mass is 407 g/mol. The summed E-state index contributed by atoms with van der Waals surface area (Å²) in [6.07, 6.45) is 0. The van der Waals surface area contributed by atoms with Crippen LogP contribution in [-0.4, -0.2) is 6.54 Å². The van der Waals surface area contributed by atoms with Crippen LogP contribution in [0.2, 0.25) is 0 Å². The highest BCUT2D eigenvalue weighted by Crippen LogP contribution is 2.39. The molecule has 12 heavy (non-hydrogen) atoms. The van der Waals surface area contributed by atoms with Gasteiger partial charge in [0.05, 0.1) is 6.93 Å². The lowest BCUT2D eigenvalue weighted by Gasteiger charge is -2.03. The van der Waals surface area contributed by atoms with E-state index >= 15 is 0 Å².